The Morgan fingerprint density at radius 1 is 1.60 bits per heavy atom. The SMILES string of the molecule is CC1=CC[C@H](C(C)COS(C)(=O)=O)C=C1. The van der Waals surface area contributed by atoms with Gasteiger partial charge in [-0.3, -0.25) is 4.18 Å². The van der Waals surface area contributed by atoms with E-state index in [1.165, 1.54) is 5.57 Å². The van der Waals surface area contributed by atoms with Gasteiger partial charge in [-0.2, -0.15) is 8.42 Å². The van der Waals surface area contributed by atoms with E-state index in [4.69, 9.17) is 4.18 Å². The molecule has 0 aromatic rings. The van der Waals surface area contributed by atoms with Gasteiger partial charge in [-0.05, 0) is 25.2 Å². The van der Waals surface area contributed by atoms with Crippen molar-refractivity contribution in [3.8, 4) is 0 Å². The molecule has 0 radical (unpaired) electrons. The van der Waals surface area contributed by atoms with Crippen molar-refractivity contribution in [2.45, 2.75) is 20.3 Å². The molecular formula is C11H18O3S. The second-order valence-electron chi connectivity index (χ2n) is 4.17. The minimum absolute atomic E-state index is 0.223. The van der Waals surface area contributed by atoms with Crippen LogP contribution in [0.4, 0.5) is 0 Å². The summed E-state index contributed by atoms with van der Waals surface area (Å²) in [5, 5.41) is 0. The molecule has 1 unspecified atom stereocenters. The zero-order valence-corrected chi connectivity index (χ0v) is 10.3. The summed E-state index contributed by atoms with van der Waals surface area (Å²) in [6.07, 6.45) is 8.43. The van der Waals surface area contributed by atoms with Gasteiger partial charge in [-0.25, -0.2) is 0 Å². The van der Waals surface area contributed by atoms with Crippen molar-refractivity contribution in [3.63, 3.8) is 0 Å². The van der Waals surface area contributed by atoms with E-state index in [-0.39, 0.29) is 12.5 Å². The lowest BCUT2D eigenvalue weighted by Crippen LogP contribution is -2.18. The van der Waals surface area contributed by atoms with E-state index < -0.39 is 10.1 Å². The first kappa shape index (κ1) is 12.5. The van der Waals surface area contributed by atoms with Crippen LogP contribution in [-0.4, -0.2) is 21.3 Å². The third kappa shape index (κ3) is 4.62. The van der Waals surface area contributed by atoms with Gasteiger partial charge in [0.25, 0.3) is 10.1 Å². The van der Waals surface area contributed by atoms with Crippen LogP contribution >= 0.6 is 0 Å². The fourth-order valence-electron chi connectivity index (χ4n) is 1.52. The van der Waals surface area contributed by atoms with Crippen LogP contribution in [0, 0.1) is 11.8 Å². The van der Waals surface area contributed by atoms with Crippen LogP contribution in [0.3, 0.4) is 0 Å². The van der Waals surface area contributed by atoms with Crippen molar-refractivity contribution in [2.24, 2.45) is 11.8 Å². The first-order valence-corrected chi connectivity index (χ1v) is 6.89. The van der Waals surface area contributed by atoms with E-state index in [1.807, 2.05) is 6.92 Å². The van der Waals surface area contributed by atoms with Crippen molar-refractivity contribution in [2.75, 3.05) is 12.9 Å². The van der Waals surface area contributed by atoms with Crippen molar-refractivity contribution < 1.29 is 12.6 Å². The molecule has 0 saturated carbocycles. The van der Waals surface area contributed by atoms with Crippen LogP contribution in [0.1, 0.15) is 20.3 Å². The third-order valence-electron chi connectivity index (χ3n) is 2.59. The average Bonchev–Trinajstić information content (AvgIpc) is 2.14. The molecule has 1 aliphatic rings. The number of allylic oxidation sites excluding steroid dienone is 4. The molecule has 0 bridgehead atoms. The Balaban J connectivity index is 2.43. The number of rotatable bonds is 4. The van der Waals surface area contributed by atoms with Crippen molar-refractivity contribution in [1.29, 1.82) is 0 Å². The second kappa shape index (κ2) is 4.94. The van der Waals surface area contributed by atoms with Gasteiger partial charge >= 0.3 is 0 Å². The van der Waals surface area contributed by atoms with Gasteiger partial charge in [-0.1, -0.05) is 30.7 Å². The molecule has 3 nitrogen and oxygen atoms in total. The van der Waals surface area contributed by atoms with E-state index in [0.29, 0.717) is 5.92 Å². The standard InChI is InChI=1S/C11H18O3S/c1-9-4-6-11(7-5-9)10(2)8-14-15(3,12)13/h4-6,10-11H,7-8H2,1-3H3/t10?,11-/m1/s1. The van der Waals surface area contributed by atoms with E-state index in [2.05, 4.69) is 25.2 Å². The smallest absolute Gasteiger partial charge is 0.264 e. The van der Waals surface area contributed by atoms with Crippen LogP contribution < -0.4 is 0 Å². The highest BCUT2D eigenvalue weighted by Crippen LogP contribution is 2.23. The molecule has 4 heteroatoms. The van der Waals surface area contributed by atoms with Crippen LogP contribution in [0.25, 0.3) is 0 Å². The molecule has 1 aliphatic carbocycles. The quantitative estimate of drug-likeness (QED) is 0.695. The minimum atomic E-state index is -3.31. The van der Waals surface area contributed by atoms with Crippen LogP contribution in [-0.2, 0) is 14.3 Å². The predicted octanol–water partition coefficient (Wildman–Crippen LogP) is 2.12. The lowest BCUT2D eigenvalue weighted by atomic mass is 9.87. The molecule has 0 aliphatic heterocycles. The monoisotopic (exact) mass is 230 g/mol. The Hall–Kier alpha value is -0.610. The summed E-state index contributed by atoms with van der Waals surface area (Å²) in [7, 11) is -3.31. The summed E-state index contributed by atoms with van der Waals surface area (Å²) >= 11 is 0. The van der Waals surface area contributed by atoms with Gasteiger partial charge in [0.1, 0.15) is 0 Å². The summed E-state index contributed by atoms with van der Waals surface area (Å²) in [5.74, 6) is 0.607. The van der Waals surface area contributed by atoms with Crippen molar-refractivity contribution >= 4 is 10.1 Å². The van der Waals surface area contributed by atoms with E-state index in [0.717, 1.165) is 12.7 Å². The highest BCUT2D eigenvalue weighted by Gasteiger charge is 2.17. The average molecular weight is 230 g/mol. The Morgan fingerprint density at radius 3 is 2.73 bits per heavy atom. The van der Waals surface area contributed by atoms with Gasteiger partial charge in [0.15, 0.2) is 0 Å². The molecule has 1 rings (SSSR count). The zero-order chi connectivity index (χ0) is 11.5. The fraction of sp³-hybridized carbons (Fsp3) is 0.636. The van der Waals surface area contributed by atoms with E-state index in [9.17, 15) is 8.42 Å². The predicted molar refractivity (Wildman–Crippen MR) is 61.0 cm³/mol. The second-order valence-corrected chi connectivity index (χ2v) is 5.82. The Kier molecular flexibility index (Phi) is 4.11. The first-order chi connectivity index (χ1) is 6.88. The zero-order valence-electron chi connectivity index (χ0n) is 9.43. The largest absolute Gasteiger partial charge is 0.270 e. The van der Waals surface area contributed by atoms with Crippen LogP contribution in [0.15, 0.2) is 23.8 Å². The molecule has 0 saturated heterocycles. The van der Waals surface area contributed by atoms with Gasteiger partial charge < -0.3 is 0 Å². The fourth-order valence-corrected chi connectivity index (χ4v) is 1.98. The summed E-state index contributed by atoms with van der Waals surface area (Å²) in [4.78, 5) is 0. The maximum absolute atomic E-state index is 10.8. The molecule has 0 spiro atoms. The lowest BCUT2D eigenvalue weighted by Gasteiger charge is -2.21. The van der Waals surface area contributed by atoms with Gasteiger partial charge in [0, 0.05) is 0 Å². The number of hydrogen-bond donors (Lipinski definition) is 0. The number of hydrogen-bond acceptors (Lipinski definition) is 3. The molecular weight excluding hydrogens is 212 g/mol. The molecule has 15 heavy (non-hydrogen) atoms. The highest BCUT2D eigenvalue weighted by atomic mass is 32.2. The molecule has 0 aromatic heterocycles. The van der Waals surface area contributed by atoms with Crippen molar-refractivity contribution in [3.05, 3.63) is 23.8 Å². The molecule has 0 amide bonds. The topological polar surface area (TPSA) is 43.4 Å². The van der Waals surface area contributed by atoms with Gasteiger partial charge in [0.2, 0.25) is 0 Å². The lowest BCUT2D eigenvalue weighted by molar-refractivity contribution is 0.234. The first-order valence-electron chi connectivity index (χ1n) is 5.08. The maximum atomic E-state index is 10.8. The Labute approximate surface area is 92.0 Å². The van der Waals surface area contributed by atoms with Crippen molar-refractivity contribution in [1.82, 2.24) is 0 Å². The normalized spacial score (nSPS) is 23.7. The summed E-state index contributed by atoms with van der Waals surface area (Å²) < 4.78 is 26.4. The molecule has 0 fully saturated rings. The van der Waals surface area contributed by atoms with Crippen LogP contribution in [0.2, 0.25) is 0 Å². The summed E-state index contributed by atoms with van der Waals surface area (Å²) in [5.41, 5.74) is 1.27. The van der Waals surface area contributed by atoms with E-state index in [1.54, 1.807) is 0 Å². The molecule has 2 atom stereocenters. The minimum Gasteiger partial charge on any atom is -0.270 e. The molecule has 0 aromatic carbocycles. The Bertz CT molecular complexity index is 365. The van der Waals surface area contributed by atoms with Gasteiger partial charge in [0.05, 0.1) is 12.9 Å². The van der Waals surface area contributed by atoms with Crippen LogP contribution in [0.5, 0.6) is 0 Å². The molecule has 0 N–H and O–H groups in total. The van der Waals surface area contributed by atoms with E-state index >= 15 is 0 Å². The molecule has 0 heterocycles. The summed E-state index contributed by atoms with van der Waals surface area (Å²) in [6.45, 7) is 4.33. The summed E-state index contributed by atoms with van der Waals surface area (Å²) in [6, 6.07) is 0. The third-order valence-corrected chi connectivity index (χ3v) is 3.16. The maximum Gasteiger partial charge on any atom is 0.264 e. The van der Waals surface area contributed by atoms with Gasteiger partial charge in [-0.15, -0.1) is 0 Å². The highest BCUT2D eigenvalue weighted by molar-refractivity contribution is 7.85. The Morgan fingerprint density at radius 2 is 2.27 bits per heavy atom. The molecule has 86 valence electrons.